The van der Waals surface area contributed by atoms with Crippen LogP contribution in [0.2, 0.25) is 0 Å². The van der Waals surface area contributed by atoms with Crippen LogP contribution in [0.4, 0.5) is 16.3 Å². The van der Waals surface area contributed by atoms with Crippen LogP contribution in [-0.4, -0.2) is 39.7 Å². The van der Waals surface area contributed by atoms with Crippen LogP contribution in [0.1, 0.15) is 36.1 Å². The summed E-state index contributed by atoms with van der Waals surface area (Å²) in [5.41, 5.74) is 7.50. The lowest BCUT2D eigenvalue weighted by Crippen LogP contribution is -2.42. The van der Waals surface area contributed by atoms with Crippen molar-refractivity contribution in [2.24, 2.45) is 5.92 Å². The first-order chi connectivity index (χ1) is 18.6. The van der Waals surface area contributed by atoms with E-state index in [2.05, 4.69) is 16.7 Å². The van der Waals surface area contributed by atoms with Crippen molar-refractivity contribution in [2.45, 2.75) is 41.5 Å². The molecular formula is C32H37N5O2. The number of aromatic nitrogens is 2. The van der Waals surface area contributed by atoms with Gasteiger partial charge in [0.15, 0.2) is 0 Å². The first-order valence-electron chi connectivity index (χ1n) is 13.3. The molecule has 7 heteroatoms. The van der Waals surface area contributed by atoms with Crippen molar-refractivity contribution in [3.05, 3.63) is 95.1 Å². The minimum absolute atomic E-state index is 0.0896. The van der Waals surface area contributed by atoms with Crippen LogP contribution >= 0.6 is 0 Å². The van der Waals surface area contributed by atoms with Gasteiger partial charge in [-0.2, -0.15) is 5.10 Å². The lowest BCUT2D eigenvalue weighted by atomic mass is 10.1. The SMILES string of the molecule is Cc1ccc(-n2nc(-c3ccccc3)cc2NC(=O)CN(CC(C)C)C(=O)Nc2c(C)cccc2C)c(C)c1. The van der Waals surface area contributed by atoms with Crippen molar-refractivity contribution >= 4 is 23.4 Å². The molecule has 7 nitrogen and oxygen atoms in total. The highest BCUT2D eigenvalue weighted by Crippen LogP contribution is 2.27. The summed E-state index contributed by atoms with van der Waals surface area (Å²) in [5.74, 6) is 0.440. The molecule has 4 rings (SSSR count). The molecule has 0 spiro atoms. The highest BCUT2D eigenvalue weighted by molar-refractivity contribution is 5.97. The molecule has 0 atom stereocenters. The molecule has 3 amide bonds. The predicted molar refractivity (Wildman–Crippen MR) is 158 cm³/mol. The van der Waals surface area contributed by atoms with Gasteiger partial charge in [0.25, 0.3) is 0 Å². The fourth-order valence-electron chi connectivity index (χ4n) is 4.66. The standard InChI is InChI=1S/C32H37N5O2/c1-21(2)19-36(32(39)34-31-23(4)11-10-12-24(31)5)20-30(38)33-29-18-27(26-13-8-7-9-14-26)35-37(29)28-16-15-22(3)17-25(28)6/h7-18,21H,19-20H2,1-6H3,(H,33,38)(H,34,39). The van der Waals surface area contributed by atoms with Gasteiger partial charge in [0.05, 0.1) is 11.4 Å². The third kappa shape index (κ3) is 6.74. The number of carbonyl (C=O) groups excluding carboxylic acids is 2. The summed E-state index contributed by atoms with van der Waals surface area (Å²) in [6, 6.07) is 23.4. The number of amides is 3. The average Bonchev–Trinajstić information content (AvgIpc) is 3.29. The Hall–Kier alpha value is -4.39. The quantitative estimate of drug-likeness (QED) is 0.264. The zero-order valence-electron chi connectivity index (χ0n) is 23.6. The molecule has 202 valence electrons. The van der Waals surface area contributed by atoms with Gasteiger partial charge in [0, 0.05) is 23.9 Å². The smallest absolute Gasteiger partial charge is 0.315 e. The van der Waals surface area contributed by atoms with Gasteiger partial charge in [-0.3, -0.25) is 4.79 Å². The fourth-order valence-corrected chi connectivity index (χ4v) is 4.66. The number of benzene rings is 3. The monoisotopic (exact) mass is 523 g/mol. The van der Waals surface area contributed by atoms with Crippen molar-refractivity contribution in [2.75, 3.05) is 23.7 Å². The first-order valence-corrected chi connectivity index (χ1v) is 13.3. The van der Waals surface area contributed by atoms with Crippen molar-refractivity contribution in [1.29, 1.82) is 0 Å². The molecule has 4 aromatic rings. The number of nitrogens with one attached hydrogen (secondary N) is 2. The lowest BCUT2D eigenvalue weighted by Gasteiger charge is -2.25. The van der Waals surface area contributed by atoms with Crippen LogP contribution in [0.15, 0.2) is 72.8 Å². The van der Waals surface area contributed by atoms with Crippen LogP contribution in [0.3, 0.4) is 0 Å². The number of carbonyl (C=O) groups is 2. The Balaban J connectivity index is 1.61. The van der Waals surface area contributed by atoms with E-state index in [4.69, 9.17) is 5.10 Å². The van der Waals surface area contributed by atoms with Crippen LogP contribution < -0.4 is 10.6 Å². The molecule has 0 saturated carbocycles. The van der Waals surface area contributed by atoms with Crippen molar-refractivity contribution in [3.8, 4) is 16.9 Å². The van der Waals surface area contributed by atoms with E-state index in [9.17, 15) is 9.59 Å². The van der Waals surface area contributed by atoms with E-state index in [0.29, 0.717) is 12.4 Å². The maximum Gasteiger partial charge on any atom is 0.322 e. The minimum atomic E-state index is -0.302. The molecule has 0 saturated heterocycles. The molecule has 3 aromatic carbocycles. The summed E-state index contributed by atoms with van der Waals surface area (Å²) in [5, 5.41) is 10.9. The number of aryl methyl sites for hydroxylation is 4. The molecule has 2 N–H and O–H groups in total. The van der Waals surface area contributed by atoms with Crippen LogP contribution in [0.25, 0.3) is 16.9 Å². The molecule has 0 bridgehead atoms. The largest absolute Gasteiger partial charge is 0.322 e. The maximum atomic E-state index is 13.4. The second kappa shape index (κ2) is 12.0. The van der Waals surface area contributed by atoms with Gasteiger partial charge in [-0.15, -0.1) is 0 Å². The van der Waals surface area contributed by atoms with E-state index in [1.165, 1.54) is 0 Å². The maximum absolute atomic E-state index is 13.4. The molecule has 0 unspecified atom stereocenters. The average molecular weight is 524 g/mol. The lowest BCUT2D eigenvalue weighted by molar-refractivity contribution is -0.116. The third-order valence-corrected chi connectivity index (χ3v) is 6.55. The summed E-state index contributed by atoms with van der Waals surface area (Å²) >= 11 is 0. The van der Waals surface area contributed by atoms with Gasteiger partial charge in [-0.05, 0) is 56.4 Å². The van der Waals surface area contributed by atoms with E-state index in [0.717, 1.165) is 44.9 Å². The number of para-hydroxylation sites is 1. The zero-order valence-corrected chi connectivity index (χ0v) is 23.6. The zero-order chi connectivity index (χ0) is 28.1. The van der Waals surface area contributed by atoms with Crippen molar-refractivity contribution < 1.29 is 9.59 Å². The Morgan fingerprint density at radius 1 is 0.846 bits per heavy atom. The topological polar surface area (TPSA) is 79.3 Å². The number of hydrogen-bond acceptors (Lipinski definition) is 3. The molecule has 39 heavy (non-hydrogen) atoms. The summed E-state index contributed by atoms with van der Waals surface area (Å²) in [6.07, 6.45) is 0. The van der Waals surface area contributed by atoms with Crippen LogP contribution in [-0.2, 0) is 4.79 Å². The fraction of sp³-hybridized carbons (Fsp3) is 0.281. The summed E-state index contributed by atoms with van der Waals surface area (Å²) in [4.78, 5) is 28.3. The molecule has 0 aliphatic rings. The van der Waals surface area contributed by atoms with Crippen LogP contribution in [0, 0.1) is 33.6 Å². The van der Waals surface area contributed by atoms with E-state index in [1.807, 2.05) is 108 Å². The summed E-state index contributed by atoms with van der Waals surface area (Å²) in [7, 11) is 0. The number of rotatable bonds is 8. The van der Waals surface area contributed by atoms with Gasteiger partial charge in [0.1, 0.15) is 12.4 Å². The van der Waals surface area contributed by atoms with Crippen molar-refractivity contribution in [3.63, 3.8) is 0 Å². The van der Waals surface area contributed by atoms with E-state index < -0.39 is 0 Å². The highest BCUT2D eigenvalue weighted by atomic mass is 16.2. The molecule has 0 fully saturated rings. The molecular weight excluding hydrogens is 486 g/mol. The third-order valence-electron chi connectivity index (χ3n) is 6.55. The molecule has 1 heterocycles. The molecule has 0 aliphatic carbocycles. The summed E-state index contributed by atoms with van der Waals surface area (Å²) < 4.78 is 1.76. The van der Waals surface area contributed by atoms with Gasteiger partial charge in [-0.25, -0.2) is 9.48 Å². The minimum Gasteiger partial charge on any atom is -0.315 e. The summed E-state index contributed by atoms with van der Waals surface area (Å²) in [6.45, 7) is 12.4. The van der Waals surface area contributed by atoms with Gasteiger partial charge in [0.2, 0.25) is 5.91 Å². The van der Waals surface area contributed by atoms with E-state index in [1.54, 1.807) is 9.58 Å². The normalized spacial score (nSPS) is 10.9. The Morgan fingerprint density at radius 2 is 1.54 bits per heavy atom. The molecule has 0 aliphatic heterocycles. The Bertz CT molecular complexity index is 1450. The van der Waals surface area contributed by atoms with E-state index >= 15 is 0 Å². The Kier molecular flexibility index (Phi) is 8.49. The van der Waals surface area contributed by atoms with E-state index in [-0.39, 0.29) is 24.4 Å². The Morgan fingerprint density at radius 3 is 2.18 bits per heavy atom. The van der Waals surface area contributed by atoms with Crippen molar-refractivity contribution in [1.82, 2.24) is 14.7 Å². The number of urea groups is 1. The Labute approximate surface area is 230 Å². The first kappa shape index (κ1) is 27.6. The number of anilines is 2. The van der Waals surface area contributed by atoms with Gasteiger partial charge in [-0.1, -0.05) is 80.1 Å². The van der Waals surface area contributed by atoms with Gasteiger partial charge >= 0.3 is 6.03 Å². The number of hydrogen-bond donors (Lipinski definition) is 2. The predicted octanol–water partition coefficient (Wildman–Crippen LogP) is 6.90. The second-order valence-electron chi connectivity index (χ2n) is 10.5. The van der Waals surface area contributed by atoms with Gasteiger partial charge < -0.3 is 15.5 Å². The number of nitrogens with zero attached hydrogens (tertiary/aromatic N) is 3. The van der Waals surface area contributed by atoms with Crippen LogP contribution in [0.5, 0.6) is 0 Å². The second-order valence-corrected chi connectivity index (χ2v) is 10.5. The molecule has 1 aromatic heterocycles. The highest BCUT2D eigenvalue weighted by Gasteiger charge is 2.22. The molecule has 0 radical (unpaired) electrons.